The molecule has 80 valence electrons. The number of unbranched alkanes of at least 4 members (excludes halogenated alkanes) is 3. The van der Waals surface area contributed by atoms with Crippen molar-refractivity contribution in [1.82, 2.24) is 4.98 Å². The van der Waals surface area contributed by atoms with E-state index >= 15 is 0 Å². The molecule has 1 nitrogen and oxygen atoms in total. The Morgan fingerprint density at radius 1 is 1.07 bits per heavy atom. The van der Waals surface area contributed by atoms with Crippen LogP contribution in [-0.2, 0) is 6.42 Å². The van der Waals surface area contributed by atoms with E-state index < -0.39 is 0 Å². The quantitative estimate of drug-likeness (QED) is 0.694. The Morgan fingerprint density at radius 2 is 2.00 bits per heavy atom. The second-order valence-corrected chi connectivity index (χ2v) is 4.17. The van der Waals surface area contributed by atoms with Crippen molar-refractivity contribution in [1.29, 1.82) is 0 Å². The molecule has 0 spiro atoms. The van der Waals surface area contributed by atoms with Crippen molar-refractivity contribution >= 4 is 10.9 Å². The molecule has 2 rings (SSSR count). The number of aryl methyl sites for hydroxylation is 1. The van der Waals surface area contributed by atoms with Gasteiger partial charge in [0.05, 0.1) is 0 Å². The Bertz CT molecular complexity index is 414. The van der Waals surface area contributed by atoms with E-state index in [1.165, 1.54) is 48.6 Å². The van der Waals surface area contributed by atoms with Crippen LogP contribution in [0.25, 0.3) is 10.9 Å². The summed E-state index contributed by atoms with van der Waals surface area (Å²) < 4.78 is 0. The summed E-state index contributed by atoms with van der Waals surface area (Å²) in [6, 6.07) is 8.71. The smallest absolute Gasteiger partial charge is 0.0486 e. The first-order valence-corrected chi connectivity index (χ1v) is 5.97. The first-order chi connectivity index (χ1) is 7.42. The van der Waals surface area contributed by atoms with E-state index in [1.54, 1.807) is 0 Å². The third-order valence-corrected chi connectivity index (χ3v) is 2.97. The summed E-state index contributed by atoms with van der Waals surface area (Å²) in [5.41, 5.74) is 2.79. The lowest BCUT2D eigenvalue weighted by Gasteiger charge is -2.02. The van der Waals surface area contributed by atoms with Crippen molar-refractivity contribution in [3.05, 3.63) is 36.0 Å². The highest BCUT2D eigenvalue weighted by Gasteiger charge is 2.00. The van der Waals surface area contributed by atoms with Crippen LogP contribution in [-0.4, -0.2) is 4.98 Å². The first-order valence-electron chi connectivity index (χ1n) is 5.97. The maximum Gasteiger partial charge on any atom is 0.0486 e. The molecule has 0 atom stereocenters. The average molecular weight is 201 g/mol. The average Bonchev–Trinajstić information content (AvgIpc) is 2.73. The lowest BCUT2D eigenvalue weighted by molar-refractivity contribution is 0.668. The molecule has 0 radical (unpaired) electrons. The van der Waals surface area contributed by atoms with E-state index in [-0.39, 0.29) is 0 Å². The van der Waals surface area contributed by atoms with Crippen LogP contribution in [0.3, 0.4) is 0 Å². The molecule has 0 aliphatic rings. The van der Waals surface area contributed by atoms with E-state index in [0.717, 1.165) is 0 Å². The highest BCUT2D eigenvalue weighted by Crippen LogP contribution is 2.19. The second-order valence-electron chi connectivity index (χ2n) is 4.17. The Hall–Kier alpha value is -1.24. The van der Waals surface area contributed by atoms with E-state index in [0.29, 0.717) is 0 Å². The molecule has 0 bridgehead atoms. The number of hydrogen-bond acceptors (Lipinski definition) is 0. The van der Waals surface area contributed by atoms with Gasteiger partial charge in [-0.1, -0.05) is 44.4 Å². The molecular weight excluding hydrogens is 182 g/mol. The van der Waals surface area contributed by atoms with Crippen LogP contribution in [0.2, 0.25) is 0 Å². The molecule has 0 aliphatic carbocycles. The minimum absolute atomic E-state index is 1.21. The van der Waals surface area contributed by atoms with Crippen molar-refractivity contribution in [2.24, 2.45) is 0 Å². The molecule has 1 heteroatoms. The van der Waals surface area contributed by atoms with Gasteiger partial charge in [-0.05, 0) is 29.9 Å². The number of para-hydroxylation sites is 1. The number of benzene rings is 1. The summed E-state index contributed by atoms with van der Waals surface area (Å²) in [7, 11) is 0. The largest absolute Gasteiger partial charge is 0.361 e. The molecule has 1 heterocycles. The van der Waals surface area contributed by atoms with Gasteiger partial charge >= 0.3 is 0 Å². The van der Waals surface area contributed by atoms with Crippen LogP contribution >= 0.6 is 0 Å². The van der Waals surface area contributed by atoms with Crippen LogP contribution in [0.15, 0.2) is 30.5 Å². The molecule has 15 heavy (non-hydrogen) atoms. The molecular formula is C14H19N. The van der Waals surface area contributed by atoms with Crippen LogP contribution in [0, 0.1) is 0 Å². The fraction of sp³-hybridized carbons (Fsp3) is 0.429. The van der Waals surface area contributed by atoms with Crippen molar-refractivity contribution in [2.45, 2.75) is 39.0 Å². The molecule has 1 N–H and O–H groups in total. The van der Waals surface area contributed by atoms with Gasteiger partial charge in [0.15, 0.2) is 0 Å². The predicted octanol–water partition coefficient (Wildman–Crippen LogP) is 4.29. The highest BCUT2D eigenvalue weighted by molar-refractivity contribution is 5.82. The number of aromatic nitrogens is 1. The van der Waals surface area contributed by atoms with Crippen molar-refractivity contribution in [2.75, 3.05) is 0 Å². The Morgan fingerprint density at radius 3 is 2.87 bits per heavy atom. The van der Waals surface area contributed by atoms with Crippen LogP contribution in [0.5, 0.6) is 0 Å². The molecule has 0 amide bonds. The van der Waals surface area contributed by atoms with Gasteiger partial charge in [-0.2, -0.15) is 0 Å². The number of fused-ring (bicyclic) bond motifs is 1. The molecule has 0 fully saturated rings. The fourth-order valence-corrected chi connectivity index (χ4v) is 2.10. The molecule has 0 saturated carbocycles. The van der Waals surface area contributed by atoms with Gasteiger partial charge < -0.3 is 4.98 Å². The SMILES string of the molecule is CCCCCCc1cccc2cc[nH]c12. The summed E-state index contributed by atoms with van der Waals surface area (Å²) in [6.45, 7) is 2.26. The van der Waals surface area contributed by atoms with Gasteiger partial charge in [0, 0.05) is 11.7 Å². The van der Waals surface area contributed by atoms with Gasteiger partial charge in [-0.3, -0.25) is 0 Å². The zero-order valence-electron chi connectivity index (χ0n) is 9.42. The van der Waals surface area contributed by atoms with Crippen LogP contribution in [0.4, 0.5) is 0 Å². The van der Waals surface area contributed by atoms with Crippen molar-refractivity contribution < 1.29 is 0 Å². The monoisotopic (exact) mass is 201 g/mol. The standard InChI is InChI=1S/C14H19N/c1-2-3-4-5-7-12-8-6-9-13-10-11-15-14(12)13/h6,8-11,15H,2-5,7H2,1H3. The minimum Gasteiger partial charge on any atom is -0.361 e. The molecule has 2 aromatic rings. The third-order valence-electron chi connectivity index (χ3n) is 2.97. The molecule has 0 saturated heterocycles. The highest BCUT2D eigenvalue weighted by atomic mass is 14.7. The van der Waals surface area contributed by atoms with Crippen LogP contribution in [0.1, 0.15) is 38.2 Å². The Balaban J connectivity index is 2.04. The van der Waals surface area contributed by atoms with E-state index in [9.17, 15) is 0 Å². The topological polar surface area (TPSA) is 15.8 Å². The third kappa shape index (κ3) is 2.41. The molecule has 1 aromatic carbocycles. The predicted molar refractivity (Wildman–Crippen MR) is 66.1 cm³/mol. The van der Waals surface area contributed by atoms with Crippen molar-refractivity contribution in [3.8, 4) is 0 Å². The maximum atomic E-state index is 3.33. The minimum atomic E-state index is 1.21. The van der Waals surface area contributed by atoms with Gasteiger partial charge in [0.25, 0.3) is 0 Å². The van der Waals surface area contributed by atoms with Gasteiger partial charge in [-0.15, -0.1) is 0 Å². The Labute approximate surface area is 91.5 Å². The van der Waals surface area contributed by atoms with Crippen LogP contribution < -0.4 is 0 Å². The molecule has 1 aromatic heterocycles. The lowest BCUT2D eigenvalue weighted by Crippen LogP contribution is -1.87. The zero-order valence-corrected chi connectivity index (χ0v) is 9.42. The van der Waals surface area contributed by atoms with Gasteiger partial charge in [-0.25, -0.2) is 0 Å². The Kier molecular flexibility index (Phi) is 3.44. The maximum absolute atomic E-state index is 3.33. The van der Waals surface area contributed by atoms with Gasteiger partial charge in [0.1, 0.15) is 0 Å². The lowest BCUT2D eigenvalue weighted by atomic mass is 10.0. The van der Waals surface area contributed by atoms with E-state index in [4.69, 9.17) is 0 Å². The van der Waals surface area contributed by atoms with Gasteiger partial charge in [0.2, 0.25) is 0 Å². The second kappa shape index (κ2) is 5.01. The summed E-state index contributed by atoms with van der Waals surface area (Å²) in [5.74, 6) is 0. The molecule has 0 unspecified atom stereocenters. The summed E-state index contributed by atoms with van der Waals surface area (Å²) >= 11 is 0. The van der Waals surface area contributed by atoms with E-state index in [1.807, 2.05) is 6.20 Å². The number of nitrogens with one attached hydrogen (secondary N) is 1. The first kappa shape index (κ1) is 10.3. The van der Waals surface area contributed by atoms with E-state index in [2.05, 4.69) is 36.2 Å². The summed E-state index contributed by atoms with van der Waals surface area (Å²) in [4.78, 5) is 3.33. The summed E-state index contributed by atoms with van der Waals surface area (Å²) in [5, 5.41) is 1.34. The normalized spacial score (nSPS) is 11.0. The fourth-order valence-electron chi connectivity index (χ4n) is 2.10. The number of hydrogen-bond donors (Lipinski definition) is 1. The molecule has 0 aliphatic heterocycles. The number of rotatable bonds is 5. The van der Waals surface area contributed by atoms with Crippen molar-refractivity contribution in [3.63, 3.8) is 0 Å². The number of aromatic amines is 1. The summed E-state index contributed by atoms with van der Waals surface area (Å²) in [6.07, 6.45) is 8.57. The zero-order chi connectivity index (χ0) is 10.5. The number of H-pyrrole nitrogens is 1.